The van der Waals surface area contributed by atoms with Gasteiger partial charge in [0.05, 0.1) is 75.8 Å². The molecule has 9 fully saturated rings. The van der Waals surface area contributed by atoms with Crippen molar-refractivity contribution in [1.29, 1.82) is 0 Å². The van der Waals surface area contributed by atoms with Crippen LogP contribution in [0.5, 0.6) is 0 Å². The Morgan fingerprint density at radius 1 is 0.495 bits per heavy atom. The summed E-state index contributed by atoms with van der Waals surface area (Å²) in [6, 6.07) is 0. The molecule has 6 aliphatic heterocycles. The van der Waals surface area contributed by atoms with Crippen LogP contribution < -0.4 is 0 Å². The molecule has 0 aromatic heterocycles. The van der Waals surface area contributed by atoms with Gasteiger partial charge in [0, 0.05) is 17.3 Å². The van der Waals surface area contributed by atoms with Gasteiger partial charge in [0.2, 0.25) is 0 Å². The van der Waals surface area contributed by atoms with Crippen molar-refractivity contribution in [2.45, 2.75) is 315 Å². The van der Waals surface area contributed by atoms with E-state index < -0.39 is 258 Å². The summed E-state index contributed by atoms with van der Waals surface area (Å²) in [6.07, 6.45) is -45.1. The fourth-order valence-electron chi connectivity index (χ4n) is 18.4. The van der Waals surface area contributed by atoms with Gasteiger partial charge in [0.15, 0.2) is 37.7 Å². The second-order valence-corrected chi connectivity index (χ2v) is 31.4. The van der Waals surface area contributed by atoms with Crippen LogP contribution >= 0.6 is 0 Å². The highest BCUT2D eigenvalue weighted by atomic mass is 16.8. The quantitative estimate of drug-likeness (QED) is 0.0423. The number of ether oxygens (including phenoxy) is 12. The van der Waals surface area contributed by atoms with Gasteiger partial charge in [-0.05, 0) is 99.7 Å². The molecule has 0 radical (unpaired) electrons. The topological polar surface area (TPSA) is 536 Å². The normalized spacial score (nSPS) is 51.7. The van der Waals surface area contributed by atoms with Gasteiger partial charge in [-0.25, -0.2) is 0 Å². The zero-order valence-corrected chi connectivity index (χ0v) is 57.3. The SMILES string of the molecule is C[C@H](CC[C@@H](O[C@@H]1O[C@H](CO[C@@H]2O[C@H](CO)C[C@H](O)[C@H]2O)[C@@H](O)[C@H](O)[C@H]1O[C@@H]1O[C@H](CO)[C@@H](O)[C@H](O)[C@H]1O)C(C)(C)O)[C@H]1CC[C@@]2(C)[C@@H]3CC=C4[C@@H](CC[C@H](O[C@@H]5O[C@H](CO[C@@H]6O[C@H](CO)[C@@H](O)[C@H](O)[C@H]6O)[C@@H](O)[C@H](O)[C@H]5O[C@@H]5O[C@H](CO)[C@@H](O)[C@H](O)[C@H]5O)C4(C)C)[C@]3(C)[C@H](O)C[C@]12C. The summed E-state index contributed by atoms with van der Waals surface area (Å²) in [5.74, 6) is -0.262. The molecule has 33 heteroatoms. The number of rotatable bonds is 23. The molecule has 0 bridgehead atoms. The lowest BCUT2D eigenvalue weighted by atomic mass is 9.38. The van der Waals surface area contributed by atoms with Crippen LogP contribution in [0.15, 0.2) is 11.6 Å². The molecule has 6 heterocycles. The molecule has 99 heavy (non-hydrogen) atoms. The van der Waals surface area contributed by atoms with Crippen LogP contribution in [-0.2, 0) is 56.8 Å². The lowest BCUT2D eigenvalue weighted by molar-refractivity contribution is -0.379. The first-order valence-corrected chi connectivity index (χ1v) is 35.0. The average Bonchev–Trinajstić information content (AvgIpc) is 1.64. The Hall–Kier alpha value is -1.58. The van der Waals surface area contributed by atoms with Crippen molar-refractivity contribution < 1.29 is 164 Å². The number of aliphatic hydroxyl groups excluding tert-OH is 20. The predicted octanol–water partition coefficient (Wildman–Crippen LogP) is -6.55. The number of aliphatic hydroxyl groups is 21. The number of allylic oxidation sites excluding steroid dienone is 1. The first-order valence-electron chi connectivity index (χ1n) is 35.0. The fourth-order valence-corrected chi connectivity index (χ4v) is 18.4. The van der Waals surface area contributed by atoms with E-state index in [9.17, 15) is 107 Å². The summed E-state index contributed by atoms with van der Waals surface area (Å²) >= 11 is 0. The Bertz CT molecular complexity index is 2640. The largest absolute Gasteiger partial charge is 0.394 e. The Labute approximate surface area is 574 Å². The van der Waals surface area contributed by atoms with Crippen LogP contribution in [0.1, 0.15) is 113 Å². The van der Waals surface area contributed by atoms with Gasteiger partial charge in [-0.1, -0.05) is 53.2 Å². The van der Waals surface area contributed by atoms with Crippen molar-refractivity contribution in [2.75, 3.05) is 39.6 Å². The summed E-state index contributed by atoms with van der Waals surface area (Å²) in [5.41, 5.74) is -2.94. The molecule has 574 valence electrons. The zero-order chi connectivity index (χ0) is 72.7. The van der Waals surface area contributed by atoms with Crippen molar-refractivity contribution in [3.63, 3.8) is 0 Å². The number of hydrogen-bond donors (Lipinski definition) is 21. The summed E-state index contributed by atoms with van der Waals surface area (Å²) in [7, 11) is 0. The van der Waals surface area contributed by atoms with E-state index >= 15 is 0 Å². The van der Waals surface area contributed by atoms with Gasteiger partial charge in [-0.15, -0.1) is 0 Å². The van der Waals surface area contributed by atoms with Gasteiger partial charge < -0.3 is 164 Å². The highest BCUT2D eigenvalue weighted by molar-refractivity contribution is 5.32. The smallest absolute Gasteiger partial charge is 0.187 e. The van der Waals surface area contributed by atoms with Crippen molar-refractivity contribution >= 4 is 0 Å². The van der Waals surface area contributed by atoms with Crippen molar-refractivity contribution in [1.82, 2.24) is 0 Å². The molecule has 10 rings (SSSR count). The predicted molar refractivity (Wildman–Crippen MR) is 331 cm³/mol. The summed E-state index contributed by atoms with van der Waals surface area (Å²) in [5, 5.41) is 229. The lowest BCUT2D eigenvalue weighted by Gasteiger charge is -2.67. The van der Waals surface area contributed by atoms with E-state index in [1.807, 2.05) is 13.8 Å². The molecule has 39 atom stereocenters. The molecule has 33 nitrogen and oxygen atoms in total. The number of fused-ring (bicyclic) bond motifs is 5. The van der Waals surface area contributed by atoms with Crippen LogP contribution in [0, 0.1) is 45.3 Å². The monoisotopic (exact) mass is 1430 g/mol. The Kier molecular flexibility index (Phi) is 25.3. The first-order chi connectivity index (χ1) is 46.4. The lowest BCUT2D eigenvalue weighted by Crippen LogP contribution is -2.66. The maximum Gasteiger partial charge on any atom is 0.187 e. The molecule has 21 N–H and O–H groups in total. The van der Waals surface area contributed by atoms with E-state index in [-0.39, 0.29) is 41.9 Å². The minimum Gasteiger partial charge on any atom is -0.394 e. The first kappa shape index (κ1) is 80.0. The van der Waals surface area contributed by atoms with E-state index in [0.717, 1.165) is 18.4 Å². The van der Waals surface area contributed by atoms with Crippen molar-refractivity contribution in [3.05, 3.63) is 11.6 Å². The van der Waals surface area contributed by atoms with Gasteiger partial charge in [0.1, 0.15) is 128 Å². The summed E-state index contributed by atoms with van der Waals surface area (Å²) in [4.78, 5) is 0. The highest BCUT2D eigenvalue weighted by Crippen LogP contribution is 2.75. The fraction of sp³-hybridized carbons (Fsp3) is 0.970. The van der Waals surface area contributed by atoms with Gasteiger partial charge in [-0.2, -0.15) is 0 Å². The molecule has 6 saturated heterocycles. The van der Waals surface area contributed by atoms with Gasteiger partial charge >= 0.3 is 0 Å². The van der Waals surface area contributed by atoms with E-state index in [4.69, 9.17) is 56.8 Å². The van der Waals surface area contributed by atoms with Crippen LogP contribution in [0.25, 0.3) is 0 Å². The molecule has 0 amide bonds. The molecule has 0 aromatic carbocycles. The molecule has 0 unspecified atom stereocenters. The minimum absolute atomic E-state index is 0.0250. The van der Waals surface area contributed by atoms with Crippen molar-refractivity contribution in [3.8, 4) is 0 Å². The molecule has 0 spiro atoms. The number of hydrogen-bond acceptors (Lipinski definition) is 33. The van der Waals surface area contributed by atoms with E-state index in [2.05, 4.69) is 33.8 Å². The van der Waals surface area contributed by atoms with Crippen LogP contribution in [0.2, 0.25) is 0 Å². The summed E-state index contributed by atoms with van der Waals surface area (Å²) in [6.45, 7) is 11.7. The molecule has 0 aromatic rings. The average molecular weight is 1430 g/mol. The molecular weight excluding hydrogens is 1320 g/mol. The molecule has 4 aliphatic carbocycles. The van der Waals surface area contributed by atoms with Crippen LogP contribution in [0.4, 0.5) is 0 Å². The second kappa shape index (κ2) is 31.3. The minimum atomic E-state index is -1.95. The third-order valence-electron chi connectivity index (χ3n) is 24.8. The molecule has 3 saturated carbocycles. The Morgan fingerprint density at radius 3 is 1.46 bits per heavy atom. The maximum absolute atomic E-state index is 13.0. The second-order valence-electron chi connectivity index (χ2n) is 31.4. The Morgan fingerprint density at radius 2 is 0.960 bits per heavy atom. The van der Waals surface area contributed by atoms with E-state index in [0.29, 0.717) is 32.1 Å². The van der Waals surface area contributed by atoms with E-state index in [1.54, 1.807) is 0 Å². The van der Waals surface area contributed by atoms with Crippen LogP contribution in [0.3, 0.4) is 0 Å². The van der Waals surface area contributed by atoms with Gasteiger partial charge in [0.25, 0.3) is 0 Å². The van der Waals surface area contributed by atoms with E-state index in [1.165, 1.54) is 13.8 Å². The zero-order valence-electron chi connectivity index (χ0n) is 57.3. The molecular formula is C66H112O33. The van der Waals surface area contributed by atoms with Crippen molar-refractivity contribution in [2.24, 2.45) is 45.3 Å². The standard InChI is InChI=1S/C66H112O33/c1-25(9-13-39(63(4,5)87)97-61-55(99-59-53(86)48(81)43(76)33(22-70)93-59)50(83)44(77)34(95-61)23-88-56-40(73)30(71)17-26(19-67)90-56)27-15-16-64(6)36-12-10-28-29(66(36,8)37(72)18-65(27,64)7)11-14-38(62(28,2)3)96-60-54(98-58-52(85)47(80)42(75)32(21-69)92-58)49(82)45(78)35(94-60)24-89-57-51(84)46(79)41(74)31(20-68)91-57/h10,25-27,29-61,67-87H,9,11-24H2,1-8H3/t25-,26+,27-,29-,30+,31-,32-,33-,34-,35-,36+,37-,38+,39-,40-,41-,42-,43-,44-,45-,46+,47+,48+,49+,50+,51-,52-,53-,54-,55-,56-,57-,58+,59+,60+,61+,64+,65-,66+/m1/s1. The summed E-state index contributed by atoms with van der Waals surface area (Å²) < 4.78 is 72.3. The van der Waals surface area contributed by atoms with Crippen LogP contribution in [-0.4, -0.2) is 349 Å². The maximum atomic E-state index is 13.0. The third kappa shape index (κ3) is 15.0. The molecule has 10 aliphatic rings. The third-order valence-corrected chi connectivity index (χ3v) is 24.8. The Balaban J connectivity index is 0.852. The highest BCUT2D eigenvalue weighted by Gasteiger charge is 2.71. The van der Waals surface area contributed by atoms with Gasteiger partial charge in [-0.3, -0.25) is 0 Å².